The molecule has 2 heterocycles. The van der Waals surface area contributed by atoms with Crippen LogP contribution in [-0.2, 0) is 0 Å². The van der Waals surface area contributed by atoms with Gasteiger partial charge in [0.05, 0.1) is 5.02 Å². The largest absolute Gasteiger partial charge is 0.364 e. The normalized spacial score (nSPS) is 10.3. The minimum atomic E-state index is 0.359. The first kappa shape index (κ1) is 8.53. The summed E-state index contributed by atoms with van der Waals surface area (Å²) in [7, 11) is 0. The predicted octanol–water partition coefficient (Wildman–Crippen LogP) is 3.04. The first-order chi connectivity index (χ1) is 6.27. The third kappa shape index (κ3) is 1.66. The molecule has 2 aromatic heterocycles. The summed E-state index contributed by atoms with van der Waals surface area (Å²) in [5.41, 5.74) is 1.36. The Morgan fingerprint density at radius 1 is 1.31 bits per heavy atom. The minimum absolute atomic E-state index is 0.359. The molecule has 0 aromatic carbocycles. The van der Waals surface area contributed by atoms with Gasteiger partial charge in [0, 0.05) is 17.8 Å². The molecule has 0 unspecified atom stereocenters. The Kier molecular flexibility index (Phi) is 2.20. The van der Waals surface area contributed by atoms with Gasteiger partial charge >= 0.3 is 0 Å². The van der Waals surface area contributed by atoms with Gasteiger partial charge in [-0.1, -0.05) is 28.4 Å². The van der Waals surface area contributed by atoms with Crippen molar-refractivity contribution in [3.63, 3.8) is 0 Å². The zero-order valence-electron chi connectivity index (χ0n) is 6.37. The summed E-state index contributed by atoms with van der Waals surface area (Å²) in [6, 6.07) is 3.27. The molecular weight excluding hydrogens is 211 g/mol. The highest BCUT2D eigenvalue weighted by Crippen LogP contribution is 2.27. The van der Waals surface area contributed by atoms with E-state index in [2.05, 4.69) is 14.7 Å². The molecule has 5 heteroatoms. The maximum Gasteiger partial charge on any atom is 0.130 e. The van der Waals surface area contributed by atoms with Gasteiger partial charge in [0.2, 0.25) is 0 Å². The van der Waals surface area contributed by atoms with Gasteiger partial charge in [-0.3, -0.25) is 0 Å². The van der Waals surface area contributed by atoms with Crippen molar-refractivity contribution in [3.05, 3.63) is 34.8 Å². The predicted molar refractivity (Wildman–Crippen MR) is 49.8 cm³/mol. The summed E-state index contributed by atoms with van der Waals surface area (Å²) < 4.78 is 4.68. The average molecular weight is 215 g/mol. The second-order valence-corrected chi connectivity index (χ2v) is 3.17. The number of rotatable bonds is 1. The number of hydrogen-bond acceptors (Lipinski definition) is 3. The molecule has 0 atom stereocenters. The molecule has 0 bridgehead atoms. The Balaban J connectivity index is 2.53. The Labute approximate surface area is 84.3 Å². The Morgan fingerprint density at radius 3 is 2.77 bits per heavy atom. The monoisotopic (exact) mass is 214 g/mol. The first-order valence-corrected chi connectivity index (χ1v) is 4.25. The number of aromatic nitrogens is 2. The maximum atomic E-state index is 5.91. The minimum Gasteiger partial charge on any atom is -0.364 e. The van der Waals surface area contributed by atoms with Gasteiger partial charge in [0.15, 0.2) is 0 Å². The second kappa shape index (κ2) is 3.36. The average Bonchev–Trinajstić information content (AvgIpc) is 2.56. The van der Waals surface area contributed by atoms with Gasteiger partial charge in [-0.2, -0.15) is 0 Å². The highest BCUT2D eigenvalue weighted by molar-refractivity contribution is 6.35. The summed E-state index contributed by atoms with van der Waals surface area (Å²) in [5.74, 6) is 0. The maximum absolute atomic E-state index is 5.91. The van der Waals surface area contributed by atoms with E-state index < -0.39 is 0 Å². The van der Waals surface area contributed by atoms with Crippen LogP contribution in [-0.4, -0.2) is 10.1 Å². The van der Waals surface area contributed by atoms with Crippen LogP contribution in [0.1, 0.15) is 0 Å². The summed E-state index contributed by atoms with van der Waals surface area (Å²) in [6.45, 7) is 0. The van der Waals surface area contributed by atoms with Crippen LogP contribution in [0.25, 0.3) is 11.3 Å². The van der Waals surface area contributed by atoms with E-state index in [-0.39, 0.29) is 0 Å². The van der Waals surface area contributed by atoms with Crippen LogP contribution < -0.4 is 0 Å². The highest BCUT2D eigenvalue weighted by atomic mass is 35.5. The van der Waals surface area contributed by atoms with E-state index >= 15 is 0 Å². The molecule has 0 saturated heterocycles. The molecule has 0 radical (unpaired) electrons. The fourth-order valence-corrected chi connectivity index (χ4v) is 1.41. The molecule has 0 aliphatic heterocycles. The standard InChI is InChI=1S/C8H4Cl2N2O/c9-6-3-8(10)11-4-5(6)7-1-2-13-12-7/h1-4H. The zero-order chi connectivity index (χ0) is 9.26. The van der Waals surface area contributed by atoms with E-state index in [1.165, 1.54) is 6.26 Å². The van der Waals surface area contributed by atoms with Crippen LogP contribution in [0.2, 0.25) is 10.2 Å². The summed E-state index contributed by atoms with van der Waals surface area (Å²) in [4.78, 5) is 3.90. The zero-order valence-corrected chi connectivity index (χ0v) is 7.88. The Bertz CT molecular complexity index is 414. The SMILES string of the molecule is Clc1cc(Cl)c(-c2ccon2)cn1. The molecule has 0 aliphatic carbocycles. The quantitative estimate of drug-likeness (QED) is 0.686. The van der Waals surface area contributed by atoms with Crippen molar-refractivity contribution in [2.24, 2.45) is 0 Å². The van der Waals surface area contributed by atoms with Crippen molar-refractivity contribution < 1.29 is 4.52 Å². The van der Waals surface area contributed by atoms with Crippen molar-refractivity contribution in [3.8, 4) is 11.3 Å². The van der Waals surface area contributed by atoms with Crippen molar-refractivity contribution in [2.45, 2.75) is 0 Å². The van der Waals surface area contributed by atoms with Crippen LogP contribution in [0.15, 0.2) is 29.1 Å². The fourth-order valence-electron chi connectivity index (χ4n) is 0.947. The molecule has 0 N–H and O–H groups in total. The van der Waals surface area contributed by atoms with Gasteiger partial charge in [0.1, 0.15) is 17.1 Å². The van der Waals surface area contributed by atoms with E-state index in [4.69, 9.17) is 23.2 Å². The fraction of sp³-hybridized carbons (Fsp3) is 0. The molecule has 3 nitrogen and oxygen atoms in total. The van der Waals surface area contributed by atoms with E-state index in [1.807, 2.05) is 0 Å². The van der Waals surface area contributed by atoms with E-state index in [9.17, 15) is 0 Å². The number of nitrogens with zero attached hydrogens (tertiary/aromatic N) is 2. The van der Waals surface area contributed by atoms with Crippen LogP contribution in [0.4, 0.5) is 0 Å². The Hall–Kier alpha value is -1.06. The summed E-state index contributed by atoms with van der Waals surface area (Å²) >= 11 is 11.6. The second-order valence-electron chi connectivity index (χ2n) is 2.37. The third-order valence-corrected chi connectivity index (χ3v) is 2.05. The van der Waals surface area contributed by atoms with Gasteiger partial charge < -0.3 is 4.52 Å². The van der Waals surface area contributed by atoms with Crippen molar-refractivity contribution in [1.29, 1.82) is 0 Å². The van der Waals surface area contributed by atoms with Crippen LogP contribution in [0.5, 0.6) is 0 Å². The molecular formula is C8H4Cl2N2O. The van der Waals surface area contributed by atoms with Crippen molar-refractivity contribution in [2.75, 3.05) is 0 Å². The number of halogens is 2. The smallest absolute Gasteiger partial charge is 0.130 e. The summed E-state index contributed by atoms with van der Waals surface area (Å²) in [5, 5.41) is 4.60. The van der Waals surface area contributed by atoms with Crippen LogP contribution >= 0.6 is 23.2 Å². The van der Waals surface area contributed by atoms with Crippen LogP contribution in [0.3, 0.4) is 0 Å². The third-order valence-electron chi connectivity index (χ3n) is 1.53. The molecule has 2 aromatic rings. The highest BCUT2D eigenvalue weighted by Gasteiger charge is 2.07. The molecule has 13 heavy (non-hydrogen) atoms. The lowest BCUT2D eigenvalue weighted by Crippen LogP contribution is -1.82. The molecule has 0 saturated carbocycles. The van der Waals surface area contributed by atoms with Gasteiger partial charge in [-0.25, -0.2) is 4.98 Å². The molecule has 2 rings (SSSR count). The van der Waals surface area contributed by atoms with Gasteiger partial charge in [-0.05, 0) is 6.07 Å². The lowest BCUT2D eigenvalue weighted by atomic mass is 10.2. The van der Waals surface area contributed by atoms with Gasteiger partial charge in [-0.15, -0.1) is 0 Å². The summed E-state index contributed by atoms with van der Waals surface area (Å²) in [6.07, 6.45) is 3.03. The van der Waals surface area contributed by atoms with E-state index in [0.29, 0.717) is 21.4 Å². The van der Waals surface area contributed by atoms with Crippen molar-refractivity contribution in [1.82, 2.24) is 10.1 Å². The molecule has 66 valence electrons. The molecule has 0 fully saturated rings. The van der Waals surface area contributed by atoms with E-state index in [1.54, 1.807) is 18.3 Å². The Morgan fingerprint density at radius 2 is 2.15 bits per heavy atom. The lowest BCUT2D eigenvalue weighted by Gasteiger charge is -1.98. The molecule has 0 aliphatic rings. The van der Waals surface area contributed by atoms with Crippen molar-refractivity contribution >= 4 is 23.2 Å². The van der Waals surface area contributed by atoms with Crippen LogP contribution in [0, 0.1) is 0 Å². The lowest BCUT2D eigenvalue weighted by molar-refractivity contribution is 0.422. The first-order valence-electron chi connectivity index (χ1n) is 3.49. The van der Waals surface area contributed by atoms with E-state index in [0.717, 1.165) is 0 Å². The molecule has 0 spiro atoms. The molecule has 0 amide bonds. The topological polar surface area (TPSA) is 38.9 Å². The number of hydrogen-bond donors (Lipinski definition) is 0. The van der Waals surface area contributed by atoms with Gasteiger partial charge in [0.25, 0.3) is 0 Å². The number of pyridine rings is 1.